The molecule has 0 aliphatic carbocycles. The molecule has 158 valence electrons. The van der Waals surface area contributed by atoms with E-state index in [4.69, 9.17) is 4.74 Å². The molecule has 0 aliphatic heterocycles. The van der Waals surface area contributed by atoms with Gasteiger partial charge in [-0.2, -0.15) is 0 Å². The minimum atomic E-state index is -0.559. The Balaban J connectivity index is 1.59. The number of carbonyl (C=O) groups is 2. The molecule has 7 nitrogen and oxygen atoms in total. The van der Waals surface area contributed by atoms with Crippen LogP contribution in [0.25, 0.3) is 6.08 Å². The highest BCUT2D eigenvalue weighted by atomic mass is 19.1. The van der Waals surface area contributed by atoms with Crippen molar-refractivity contribution in [2.24, 2.45) is 0 Å². The highest BCUT2D eigenvalue weighted by molar-refractivity contribution is 6.02. The summed E-state index contributed by atoms with van der Waals surface area (Å²) in [5.41, 5.74) is 1.66. The molecule has 0 radical (unpaired) electrons. The van der Waals surface area contributed by atoms with E-state index in [1.807, 2.05) is 0 Å². The van der Waals surface area contributed by atoms with Gasteiger partial charge in [0.2, 0.25) is 5.91 Å². The highest BCUT2D eigenvalue weighted by Crippen LogP contribution is 2.25. The molecule has 3 aromatic rings. The van der Waals surface area contributed by atoms with Crippen LogP contribution in [0.4, 0.5) is 20.6 Å². The standard InChI is InChI=1S/C23H20FN3O4/c1-27(23(29)30-2)18-9-7-17(8-10-18)26-22(28)12-6-16-5-11-21(20(24)14-16)31-19-4-3-13-25-15-19/h3-15H,1-2H3,(H,26,28)/b12-6+. The molecule has 31 heavy (non-hydrogen) atoms. The molecule has 0 spiro atoms. The van der Waals surface area contributed by atoms with E-state index in [2.05, 4.69) is 15.0 Å². The number of rotatable bonds is 6. The molecule has 2 amide bonds. The zero-order valence-corrected chi connectivity index (χ0v) is 16.9. The zero-order valence-electron chi connectivity index (χ0n) is 16.9. The SMILES string of the molecule is COC(=O)N(C)c1ccc(NC(=O)/C=C/c2ccc(Oc3cccnc3)c(F)c2)cc1. The molecule has 3 rings (SSSR count). The Morgan fingerprint density at radius 2 is 1.90 bits per heavy atom. The van der Waals surface area contributed by atoms with Crippen LogP contribution < -0.4 is 15.0 Å². The van der Waals surface area contributed by atoms with E-state index >= 15 is 0 Å². The van der Waals surface area contributed by atoms with Crippen LogP contribution in [-0.4, -0.2) is 31.1 Å². The van der Waals surface area contributed by atoms with Crippen LogP contribution in [0.5, 0.6) is 11.5 Å². The van der Waals surface area contributed by atoms with E-state index in [0.29, 0.717) is 22.7 Å². The number of carbonyl (C=O) groups excluding carboxylic acids is 2. The van der Waals surface area contributed by atoms with Gasteiger partial charge in [0.05, 0.1) is 13.3 Å². The van der Waals surface area contributed by atoms with E-state index in [1.54, 1.807) is 55.7 Å². The fourth-order valence-electron chi connectivity index (χ4n) is 2.60. The molecule has 0 bridgehead atoms. The number of nitrogens with one attached hydrogen (secondary N) is 1. The summed E-state index contributed by atoms with van der Waals surface area (Å²) in [6, 6.07) is 14.4. The number of hydrogen-bond acceptors (Lipinski definition) is 5. The van der Waals surface area contributed by atoms with Crippen LogP contribution in [0, 0.1) is 5.82 Å². The summed E-state index contributed by atoms with van der Waals surface area (Å²) in [5.74, 6) is -0.457. The number of methoxy groups -OCH3 is 1. The Hall–Kier alpha value is -4.20. The topological polar surface area (TPSA) is 80.8 Å². The molecule has 0 fully saturated rings. The van der Waals surface area contributed by atoms with E-state index in [-0.39, 0.29) is 11.7 Å². The van der Waals surface area contributed by atoms with Gasteiger partial charge in [0.15, 0.2) is 11.6 Å². The molecule has 0 atom stereocenters. The number of ether oxygens (including phenoxy) is 2. The number of hydrogen-bond donors (Lipinski definition) is 1. The number of pyridine rings is 1. The Morgan fingerprint density at radius 1 is 1.13 bits per heavy atom. The molecule has 1 heterocycles. The number of anilines is 2. The predicted octanol–water partition coefficient (Wildman–Crippen LogP) is 4.87. The van der Waals surface area contributed by atoms with Gasteiger partial charge in [0, 0.05) is 30.7 Å². The Labute approximate surface area is 178 Å². The number of aromatic nitrogens is 1. The smallest absolute Gasteiger partial charge is 0.413 e. The summed E-state index contributed by atoms with van der Waals surface area (Å²) < 4.78 is 24.4. The largest absolute Gasteiger partial charge is 0.453 e. The lowest BCUT2D eigenvalue weighted by atomic mass is 10.2. The fraction of sp³-hybridized carbons (Fsp3) is 0.0870. The van der Waals surface area contributed by atoms with Gasteiger partial charge in [-0.1, -0.05) is 6.07 Å². The van der Waals surface area contributed by atoms with E-state index in [0.717, 1.165) is 0 Å². The second-order valence-corrected chi connectivity index (χ2v) is 6.38. The van der Waals surface area contributed by atoms with Gasteiger partial charge in [0.1, 0.15) is 5.75 Å². The molecule has 0 saturated heterocycles. The summed E-state index contributed by atoms with van der Waals surface area (Å²) in [4.78, 5) is 28.9. The lowest BCUT2D eigenvalue weighted by molar-refractivity contribution is -0.111. The van der Waals surface area contributed by atoms with Crippen molar-refractivity contribution in [2.45, 2.75) is 0 Å². The molecular weight excluding hydrogens is 401 g/mol. The number of benzene rings is 2. The van der Waals surface area contributed by atoms with E-state index < -0.39 is 11.9 Å². The third kappa shape index (κ3) is 5.89. The Bertz CT molecular complexity index is 1090. The number of nitrogens with zero attached hydrogens (tertiary/aromatic N) is 2. The van der Waals surface area contributed by atoms with Crippen LogP contribution in [-0.2, 0) is 9.53 Å². The maximum Gasteiger partial charge on any atom is 0.413 e. The second-order valence-electron chi connectivity index (χ2n) is 6.38. The lowest BCUT2D eigenvalue weighted by Crippen LogP contribution is -2.25. The van der Waals surface area contributed by atoms with Crippen LogP contribution in [0.1, 0.15) is 5.56 Å². The van der Waals surface area contributed by atoms with Gasteiger partial charge >= 0.3 is 6.09 Å². The van der Waals surface area contributed by atoms with Crippen LogP contribution in [0.15, 0.2) is 73.1 Å². The average molecular weight is 421 g/mol. The van der Waals surface area contributed by atoms with Gasteiger partial charge in [-0.3, -0.25) is 14.7 Å². The molecule has 0 unspecified atom stereocenters. The Kier molecular flexibility index (Phi) is 6.95. The first-order chi connectivity index (χ1) is 15.0. The van der Waals surface area contributed by atoms with Crippen LogP contribution in [0.3, 0.4) is 0 Å². The third-order valence-corrected chi connectivity index (χ3v) is 4.22. The molecular formula is C23H20FN3O4. The van der Waals surface area contributed by atoms with Crippen LogP contribution >= 0.6 is 0 Å². The molecule has 1 N–H and O–H groups in total. The lowest BCUT2D eigenvalue weighted by Gasteiger charge is -2.15. The van der Waals surface area contributed by atoms with Crippen molar-refractivity contribution in [1.82, 2.24) is 4.98 Å². The van der Waals surface area contributed by atoms with Gasteiger partial charge < -0.3 is 14.8 Å². The third-order valence-electron chi connectivity index (χ3n) is 4.22. The number of amides is 2. The average Bonchev–Trinajstić information content (AvgIpc) is 2.79. The number of halogens is 1. The molecule has 8 heteroatoms. The summed E-state index contributed by atoms with van der Waals surface area (Å²) in [5, 5.41) is 2.69. The minimum Gasteiger partial charge on any atom is -0.453 e. The van der Waals surface area contributed by atoms with E-state index in [1.165, 1.54) is 42.5 Å². The first-order valence-electron chi connectivity index (χ1n) is 9.24. The minimum absolute atomic E-state index is 0.0617. The summed E-state index contributed by atoms with van der Waals surface area (Å²) >= 11 is 0. The van der Waals surface area contributed by atoms with Gasteiger partial charge in [0.25, 0.3) is 0 Å². The quantitative estimate of drug-likeness (QED) is 0.575. The van der Waals surface area contributed by atoms with Crippen molar-refractivity contribution in [3.05, 3.63) is 84.4 Å². The highest BCUT2D eigenvalue weighted by Gasteiger charge is 2.10. The van der Waals surface area contributed by atoms with Crippen LogP contribution in [0.2, 0.25) is 0 Å². The maximum absolute atomic E-state index is 14.3. The molecule has 2 aromatic carbocycles. The first kappa shape index (κ1) is 21.5. The van der Waals surface area contributed by atoms with Crippen molar-refractivity contribution in [3.63, 3.8) is 0 Å². The zero-order chi connectivity index (χ0) is 22.2. The maximum atomic E-state index is 14.3. The second kappa shape index (κ2) is 10.0. The summed E-state index contributed by atoms with van der Waals surface area (Å²) in [6.45, 7) is 0. The molecule has 1 aromatic heterocycles. The van der Waals surface area contributed by atoms with E-state index in [9.17, 15) is 14.0 Å². The van der Waals surface area contributed by atoms with Crippen molar-refractivity contribution >= 4 is 29.5 Å². The van der Waals surface area contributed by atoms with Crippen molar-refractivity contribution in [1.29, 1.82) is 0 Å². The van der Waals surface area contributed by atoms with Gasteiger partial charge in [-0.25, -0.2) is 9.18 Å². The first-order valence-corrected chi connectivity index (χ1v) is 9.24. The predicted molar refractivity (Wildman–Crippen MR) is 116 cm³/mol. The Morgan fingerprint density at radius 3 is 2.55 bits per heavy atom. The summed E-state index contributed by atoms with van der Waals surface area (Å²) in [7, 11) is 2.88. The monoisotopic (exact) mass is 421 g/mol. The van der Waals surface area contributed by atoms with Crippen molar-refractivity contribution < 1.29 is 23.5 Å². The van der Waals surface area contributed by atoms with Gasteiger partial charge in [-0.05, 0) is 60.2 Å². The van der Waals surface area contributed by atoms with Gasteiger partial charge in [-0.15, -0.1) is 0 Å². The molecule has 0 aliphatic rings. The fourth-order valence-corrected chi connectivity index (χ4v) is 2.60. The molecule has 0 saturated carbocycles. The van der Waals surface area contributed by atoms with Crippen molar-refractivity contribution in [3.8, 4) is 11.5 Å². The van der Waals surface area contributed by atoms with Crippen molar-refractivity contribution in [2.75, 3.05) is 24.4 Å². The normalized spacial score (nSPS) is 10.5. The summed E-state index contributed by atoms with van der Waals surface area (Å²) in [6.07, 6.45) is 5.37.